The zero-order chi connectivity index (χ0) is 19.2. The van der Waals surface area contributed by atoms with Crippen LogP contribution in [0.2, 0.25) is 5.02 Å². The van der Waals surface area contributed by atoms with E-state index in [0.717, 1.165) is 36.9 Å². The molecular formula is C20H31ClN4O. The van der Waals surface area contributed by atoms with Crippen LogP contribution in [0, 0.1) is 5.41 Å². The summed E-state index contributed by atoms with van der Waals surface area (Å²) in [5.74, 6) is 0.773. The molecule has 6 heteroatoms. The molecule has 0 atom stereocenters. The molecule has 1 aliphatic rings. The normalized spacial score (nSPS) is 16.1. The Kier molecular flexibility index (Phi) is 6.93. The average molecular weight is 379 g/mol. The van der Waals surface area contributed by atoms with Gasteiger partial charge in [-0.1, -0.05) is 23.7 Å². The molecule has 1 aromatic rings. The number of carbonyl (C=O) groups excluding carboxylic acids is 1. The summed E-state index contributed by atoms with van der Waals surface area (Å²) in [5, 5.41) is 10.4. The lowest BCUT2D eigenvalue weighted by Crippen LogP contribution is -2.43. The second kappa shape index (κ2) is 8.76. The highest BCUT2D eigenvalue weighted by atomic mass is 35.5. The van der Waals surface area contributed by atoms with Crippen molar-refractivity contribution in [2.75, 3.05) is 26.2 Å². The molecule has 26 heavy (non-hydrogen) atoms. The molecule has 1 amide bonds. The molecule has 0 saturated heterocycles. The van der Waals surface area contributed by atoms with Gasteiger partial charge in [0.1, 0.15) is 0 Å². The van der Waals surface area contributed by atoms with Crippen LogP contribution in [-0.4, -0.2) is 38.0 Å². The van der Waals surface area contributed by atoms with Crippen molar-refractivity contribution in [2.45, 2.75) is 46.0 Å². The summed E-state index contributed by atoms with van der Waals surface area (Å²) in [6, 6.07) is 8.11. The number of guanidine groups is 1. The minimum atomic E-state index is -0.539. The van der Waals surface area contributed by atoms with Gasteiger partial charge in [0.05, 0.1) is 12.0 Å². The van der Waals surface area contributed by atoms with E-state index in [1.165, 1.54) is 5.56 Å². The van der Waals surface area contributed by atoms with Gasteiger partial charge in [-0.15, -0.1) is 0 Å². The standard InChI is InChI=1S/C20H31ClN4O/c1-5-22-17(26)19(3,4)13-24-18(23-6-2)25-14-20(10-11-20)15-8-7-9-16(21)12-15/h7-9,12H,5-6,10-11,13-14H2,1-4H3,(H,22,26)(H2,23,24,25). The maximum Gasteiger partial charge on any atom is 0.227 e. The van der Waals surface area contributed by atoms with Gasteiger partial charge in [-0.05, 0) is 58.2 Å². The van der Waals surface area contributed by atoms with E-state index < -0.39 is 5.41 Å². The van der Waals surface area contributed by atoms with Crippen molar-refractivity contribution < 1.29 is 4.79 Å². The summed E-state index contributed by atoms with van der Waals surface area (Å²) >= 11 is 6.15. The molecule has 0 bridgehead atoms. The first-order valence-corrected chi connectivity index (χ1v) is 9.77. The van der Waals surface area contributed by atoms with E-state index in [0.29, 0.717) is 13.1 Å². The van der Waals surface area contributed by atoms with Gasteiger partial charge in [0, 0.05) is 30.1 Å². The number of benzene rings is 1. The van der Waals surface area contributed by atoms with Crippen molar-refractivity contribution in [3.8, 4) is 0 Å². The third-order valence-corrected chi connectivity index (χ3v) is 5.05. The molecular weight excluding hydrogens is 348 g/mol. The Morgan fingerprint density at radius 1 is 1.19 bits per heavy atom. The van der Waals surface area contributed by atoms with Crippen molar-refractivity contribution in [1.82, 2.24) is 16.0 Å². The number of rotatable bonds is 8. The highest BCUT2D eigenvalue weighted by molar-refractivity contribution is 6.30. The minimum Gasteiger partial charge on any atom is -0.357 e. The van der Waals surface area contributed by atoms with E-state index >= 15 is 0 Å². The van der Waals surface area contributed by atoms with Crippen molar-refractivity contribution in [3.63, 3.8) is 0 Å². The molecule has 0 spiro atoms. The van der Waals surface area contributed by atoms with E-state index in [9.17, 15) is 4.79 Å². The first kappa shape index (κ1) is 20.6. The summed E-state index contributed by atoms with van der Waals surface area (Å²) < 4.78 is 0. The summed E-state index contributed by atoms with van der Waals surface area (Å²) in [6.45, 7) is 10.4. The predicted molar refractivity (Wildman–Crippen MR) is 109 cm³/mol. The van der Waals surface area contributed by atoms with E-state index in [-0.39, 0.29) is 11.3 Å². The lowest BCUT2D eigenvalue weighted by atomic mass is 9.92. The molecule has 1 aliphatic carbocycles. The molecule has 144 valence electrons. The molecule has 0 unspecified atom stereocenters. The van der Waals surface area contributed by atoms with Crippen molar-refractivity contribution >= 4 is 23.5 Å². The lowest BCUT2D eigenvalue weighted by molar-refractivity contribution is -0.128. The van der Waals surface area contributed by atoms with E-state index in [4.69, 9.17) is 11.6 Å². The number of halogens is 1. The van der Waals surface area contributed by atoms with Gasteiger partial charge >= 0.3 is 0 Å². The minimum absolute atomic E-state index is 0.0252. The van der Waals surface area contributed by atoms with E-state index in [1.807, 2.05) is 39.8 Å². The van der Waals surface area contributed by atoms with E-state index in [1.54, 1.807) is 0 Å². The Hall–Kier alpha value is -1.75. The first-order valence-electron chi connectivity index (χ1n) is 9.39. The van der Waals surface area contributed by atoms with Crippen LogP contribution >= 0.6 is 11.6 Å². The van der Waals surface area contributed by atoms with Crippen LogP contribution in [0.3, 0.4) is 0 Å². The molecule has 0 heterocycles. The van der Waals surface area contributed by atoms with Gasteiger partial charge in [0.2, 0.25) is 5.91 Å². The largest absolute Gasteiger partial charge is 0.357 e. The maximum absolute atomic E-state index is 12.1. The molecule has 1 fully saturated rings. The third-order valence-electron chi connectivity index (χ3n) is 4.81. The number of hydrogen-bond donors (Lipinski definition) is 3. The fourth-order valence-corrected chi connectivity index (χ4v) is 3.07. The van der Waals surface area contributed by atoms with Gasteiger partial charge in [-0.3, -0.25) is 9.79 Å². The number of nitrogens with zero attached hydrogens (tertiary/aromatic N) is 1. The van der Waals surface area contributed by atoms with Gasteiger partial charge in [0.15, 0.2) is 5.96 Å². The topological polar surface area (TPSA) is 65.5 Å². The molecule has 1 saturated carbocycles. The third kappa shape index (κ3) is 5.37. The fraction of sp³-hybridized carbons (Fsp3) is 0.600. The monoisotopic (exact) mass is 378 g/mol. The van der Waals surface area contributed by atoms with Crippen LogP contribution < -0.4 is 16.0 Å². The average Bonchev–Trinajstić information content (AvgIpc) is 3.39. The predicted octanol–water partition coefficient (Wildman–Crippen LogP) is 3.09. The SMILES string of the molecule is CCNC(=O)C(C)(C)CN=C(NCC)NCC1(c2cccc(Cl)c2)CC1. The zero-order valence-electron chi connectivity index (χ0n) is 16.3. The molecule has 0 aliphatic heterocycles. The first-order chi connectivity index (χ1) is 12.3. The van der Waals surface area contributed by atoms with Crippen LogP contribution in [0.25, 0.3) is 0 Å². The highest BCUT2D eigenvalue weighted by Gasteiger charge is 2.44. The number of hydrogen-bond acceptors (Lipinski definition) is 2. The fourth-order valence-electron chi connectivity index (χ4n) is 2.88. The van der Waals surface area contributed by atoms with Gasteiger partial charge in [-0.25, -0.2) is 0 Å². The van der Waals surface area contributed by atoms with Crippen LogP contribution in [-0.2, 0) is 10.2 Å². The second-order valence-corrected chi connectivity index (χ2v) is 8.02. The molecule has 3 N–H and O–H groups in total. The van der Waals surface area contributed by atoms with Crippen LogP contribution in [0.1, 0.15) is 46.1 Å². The van der Waals surface area contributed by atoms with Gasteiger partial charge in [-0.2, -0.15) is 0 Å². The Morgan fingerprint density at radius 2 is 1.88 bits per heavy atom. The Morgan fingerprint density at radius 3 is 2.46 bits per heavy atom. The molecule has 0 aromatic heterocycles. The number of carbonyl (C=O) groups is 1. The summed E-state index contributed by atoms with van der Waals surface area (Å²) in [6.07, 6.45) is 2.29. The van der Waals surface area contributed by atoms with Crippen molar-refractivity contribution in [2.24, 2.45) is 10.4 Å². The van der Waals surface area contributed by atoms with Gasteiger partial charge < -0.3 is 16.0 Å². The molecule has 2 rings (SSSR count). The molecule has 1 aromatic carbocycles. The summed E-state index contributed by atoms with van der Waals surface area (Å²) in [5.41, 5.74) is 0.870. The summed E-state index contributed by atoms with van der Waals surface area (Å²) in [7, 11) is 0. The summed E-state index contributed by atoms with van der Waals surface area (Å²) in [4.78, 5) is 16.8. The van der Waals surface area contributed by atoms with Crippen LogP contribution in [0.15, 0.2) is 29.3 Å². The van der Waals surface area contributed by atoms with Crippen LogP contribution in [0.4, 0.5) is 0 Å². The Labute approximate surface area is 162 Å². The molecule has 0 radical (unpaired) electrons. The quantitative estimate of drug-likeness (QED) is 0.481. The maximum atomic E-state index is 12.1. The highest BCUT2D eigenvalue weighted by Crippen LogP contribution is 2.48. The lowest BCUT2D eigenvalue weighted by Gasteiger charge is -2.23. The van der Waals surface area contributed by atoms with Crippen LogP contribution in [0.5, 0.6) is 0 Å². The van der Waals surface area contributed by atoms with Crippen molar-refractivity contribution in [1.29, 1.82) is 0 Å². The number of nitrogens with one attached hydrogen (secondary N) is 3. The number of amides is 1. The Bertz CT molecular complexity index is 653. The molecule has 5 nitrogen and oxygen atoms in total. The Balaban J connectivity index is 2.01. The zero-order valence-corrected chi connectivity index (χ0v) is 17.0. The smallest absolute Gasteiger partial charge is 0.227 e. The van der Waals surface area contributed by atoms with E-state index in [2.05, 4.69) is 33.1 Å². The second-order valence-electron chi connectivity index (χ2n) is 7.58. The number of aliphatic imine (C=N–C) groups is 1. The van der Waals surface area contributed by atoms with Crippen molar-refractivity contribution in [3.05, 3.63) is 34.9 Å². The van der Waals surface area contributed by atoms with Gasteiger partial charge in [0.25, 0.3) is 0 Å².